The van der Waals surface area contributed by atoms with Crippen molar-refractivity contribution in [2.75, 3.05) is 4.90 Å². The molecule has 0 spiro atoms. The van der Waals surface area contributed by atoms with Crippen LogP contribution in [0.25, 0.3) is 6.08 Å². The first-order chi connectivity index (χ1) is 17.6. The van der Waals surface area contributed by atoms with Gasteiger partial charge in [0.2, 0.25) is 0 Å². The number of non-ortho nitro benzene ring substituents is 1. The lowest BCUT2D eigenvalue weighted by molar-refractivity contribution is -0.384. The molecule has 4 amide bonds. The number of hydrogen-bond acceptors (Lipinski definition) is 7. The summed E-state index contributed by atoms with van der Waals surface area (Å²) in [5.74, 6) is -2.67. The third-order valence-corrected chi connectivity index (χ3v) is 5.58. The molecule has 2 N–H and O–H groups in total. The standard InChI is InChI=1S/C25H16ClN3O8/c26-20-12-15(3-10-21(20)37-13-14-1-6-18(7-2-14)29(35)36)11-19-22(30)27-25(34)28(23(19)31)17-8-4-16(5-9-17)24(32)33/h1-12H,13H2,(H,32,33)(H,27,30,34)/b19-11+. The summed E-state index contributed by atoms with van der Waals surface area (Å²) in [6.07, 6.45) is 1.26. The Morgan fingerprint density at radius 1 is 1.05 bits per heavy atom. The number of carbonyl (C=O) groups excluding carboxylic acids is 3. The van der Waals surface area contributed by atoms with Gasteiger partial charge in [-0.05, 0) is 65.7 Å². The Morgan fingerprint density at radius 3 is 2.32 bits per heavy atom. The molecule has 1 aliphatic rings. The average Bonchev–Trinajstić information content (AvgIpc) is 2.86. The summed E-state index contributed by atoms with van der Waals surface area (Å²) in [6, 6.07) is 14.4. The van der Waals surface area contributed by atoms with E-state index in [9.17, 15) is 29.3 Å². The van der Waals surface area contributed by atoms with Gasteiger partial charge in [0.25, 0.3) is 17.5 Å². The maximum Gasteiger partial charge on any atom is 0.335 e. The Balaban J connectivity index is 1.52. The van der Waals surface area contributed by atoms with Gasteiger partial charge in [0.15, 0.2) is 0 Å². The number of nitrogens with one attached hydrogen (secondary N) is 1. The lowest BCUT2D eigenvalue weighted by Crippen LogP contribution is -2.54. The summed E-state index contributed by atoms with van der Waals surface area (Å²) < 4.78 is 5.66. The summed E-state index contributed by atoms with van der Waals surface area (Å²) in [5, 5.41) is 22.1. The molecule has 1 heterocycles. The van der Waals surface area contributed by atoms with Crippen LogP contribution in [0.15, 0.2) is 72.3 Å². The second-order valence-electron chi connectivity index (χ2n) is 7.71. The molecule has 12 heteroatoms. The molecule has 0 radical (unpaired) electrons. The number of benzene rings is 3. The number of aromatic carboxylic acids is 1. The van der Waals surface area contributed by atoms with E-state index in [-0.39, 0.29) is 34.1 Å². The van der Waals surface area contributed by atoms with Crippen LogP contribution < -0.4 is 15.0 Å². The number of imide groups is 2. The minimum atomic E-state index is -1.17. The number of urea groups is 1. The van der Waals surface area contributed by atoms with Gasteiger partial charge < -0.3 is 9.84 Å². The lowest BCUT2D eigenvalue weighted by atomic mass is 10.1. The third-order valence-electron chi connectivity index (χ3n) is 5.28. The largest absolute Gasteiger partial charge is 0.487 e. The van der Waals surface area contributed by atoms with Crippen molar-refractivity contribution in [1.82, 2.24) is 5.32 Å². The van der Waals surface area contributed by atoms with Gasteiger partial charge in [-0.3, -0.25) is 25.0 Å². The maximum atomic E-state index is 13.0. The first-order valence-electron chi connectivity index (χ1n) is 10.5. The molecule has 0 atom stereocenters. The molecule has 186 valence electrons. The Labute approximate surface area is 213 Å². The first kappa shape index (κ1) is 25.1. The van der Waals surface area contributed by atoms with E-state index in [2.05, 4.69) is 5.32 Å². The number of anilines is 1. The van der Waals surface area contributed by atoms with E-state index in [1.54, 1.807) is 18.2 Å². The van der Waals surface area contributed by atoms with Crippen LogP contribution in [0, 0.1) is 10.1 Å². The van der Waals surface area contributed by atoms with Crippen molar-refractivity contribution in [3.05, 3.63) is 104 Å². The summed E-state index contributed by atoms with van der Waals surface area (Å²) in [6.45, 7) is 0.0940. The fourth-order valence-electron chi connectivity index (χ4n) is 3.41. The van der Waals surface area contributed by atoms with E-state index in [0.29, 0.717) is 16.9 Å². The number of halogens is 1. The van der Waals surface area contributed by atoms with Gasteiger partial charge >= 0.3 is 12.0 Å². The van der Waals surface area contributed by atoms with Crippen molar-refractivity contribution in [2.24, 2.45) is 0 Å². The SMILES string of the molecule is O=C1NC(=O)N(c2ccc(C(=O)O)cc2)C(=O)/C1=C/c1ccc(OCc2ccc([N+](=O)[O-])cc2)c(Cl)c1. The number of nitrogens with zero attached hydrogens (tertiary/aromatic N) is 2. The van der Waals surface area contributed by atoms with E-state index in [4.69, 9.17) is 21.4 Å². The van der Waals surface area contributed by atoms with Crippen LogP contribution in [-0.2, 0) is 16.2 Å². The van der Waals surface area contributed by atoms with Gasteiger partial charge in [0, 0.05) is 12.1 Å². The minimum absolute atomic E-state index is 0.0361. The van der Waals surface area contributed by atoms with Crippen molar-refractivity contribution in [2.45, 2.75) is 6.61 Å². The number of hydrogen-bond donors (Lipinski definition) is 2. The zero-order chi connectivity index (χ0) is 26.7. The van der Waals surface area contributed by atoms with Crippen LogP contribution in [0.2, 0.25) is 5.02 Å². The zero-order valence-corrected chi connectivity index (χ0v) is 19.5. The van der Waals surface area contributed by atoms with Gasteiger partial charge in [-0.25, -0.2) is 14.5 Å². The van der Waals surface area contributed by atoms with E-state index in [1.165, 1.54) is 54.6 Å². The molecule has 1 fully saturated rings. The Hall–Kier alpha value is -5.03. The van der Waals surface area contributed by atoms with Crippen molar-refractivity contribution in [3.8, 4) is 5.75 Å². The number of carboxylic acids is 1. The van der Waals surface area contributed by atoms with E-state index in [1.807, 2.05) is 0 Å². The molecule has 0 aliphatic carbocycles. The van der Waals surface area contributed by atoms with Crippen LogP contribution in [0.1, 0.15) is 21.5 Å². The summed E-state index contributed by atoms with van der Waals surface area (Å²) in [7, 11) is 0. The predicted octanol–water partition coefficient (Wildman–Crippen LogP) is 4.19. The molecule has 0 saturated carbocycles. The second kappa shape index (κ2) is 10.3. The monoisotopic (exact) mass is 521 g/mol. The fourth-order valence-corrected chi connectivity index (χ4v) is 3.65. The lowest BCUT2D eigenvalue weighted by Gasteiger charge is -2.26. The van der Waals surface area contributed by atoms with Crippen LogP contribution in [0.3, 0.4) is 0 Å². The molecule has 11 nitrogen and oxygen atoms in total. The number of barbiturate groups is 1. The van der Waals surface area contributed by atoms with Crippen molar-refractivity contribution < 1.29 is 33.9 Å². The van der Waals surface area contributed by atoms with Gasteiger partial charge in [0.05, 0.1) is 21.2 Å². The normalized spacial score (nSPS) is 14.5. The van der Waals surface area contributed by atoms with Crippen molar-refractivity contribution >= 4 is 52.9 Å². The van der Waals surface area contributed by atoms with E-state index in [0.717, 1.165) is 4.90 Å². The first-order valence-corrected chi connectivity index (χ1v) is 10.9. The van der Waals surface area contributed by atoms with Gasteiger partial charge in [0.1, 0.15) is 17.9 Å². The number of nitro groups is 1. The number of nitro benzene ring substituents is 1. The highest BCUT2D eigenvalue weighted by Gasteiger charge is 2.36. The average molecular weight is 522 g/mol. The molecule has 37 heavy (non-hydrogen) atoms. The quantitative estimate of drug-likeness (QED) is 0.203. The number of rotatable bonds is 7. The van der Waals surface area contributed by atoms with Crippen molar-refractivity contribution in [1.29, 1.82) is 0 Å². The van der Waals surface area contributed by atoms with E-state index >= 15 is 0 Å². The summed E-state index contributed by atoms with van der Waals surface area (Å²) in [4.78, 5) is 59.8. The summed E-state index contributed by atoms with van der Waals surface area (Å²) >= 11 is 6.30. The molecule has 4 rings (SSSR count). The van der Waals surface area contributed by atoms with Crippen LogP contribution in [0.5, 0.6) is 5.75 Å². The van der Waals surface area contributed by atoms with Crippen LogP contribution >= 0.6 is 11.6 Å². The van der Waals surface area contributed by atoms with Gasteiger partial charge in [-0.1, -0.05) is 17.7 Å². The fraction of sp³-hybridized carbons (Fsp3) is 0.0400. The smallest absolute Gasteiger partial charge is 0.335 e. The Bertz CT molecular complexity index is 1470. The topological polar surface area (TPSA) is 156 Å². The highest BCUT2D eigenvalue weighted by atomic mass is 35.5. The number of carbonyl (C=O) groups is 4. The molecule has 3 aromatic carbocycles. The number of carboxylic acid groups (broad SMARTS) is 1. The van der Waals surface area contributed by atoms with Crippen molar-refractivity contribution in [3.63, 3.8) is 0 Å². The minimum Gasteiger partial charge on any atom is -0.487 e. The number of ether oxygens (including phenoxy) is 1. The molecular formula is C25H16ClN3O8. The zero-order valence-electron chi connectivity index (χ0n) is 18.7. The molecule has 0 bridgehead atoms. The highest BCUT2D eigenvalue weighted by molar-refractivity contribution is 6.39. The second-order valence-corrected chi connectivity index (χ2v) is 8.12. The van der Waals surface area contributed by atoms with Crippen LogP contribution in [0.4, 0.5) is 16.2 Å². The number of amides is 4. The van der Waals surface area contributed by atoms with Gasteiger partial charge in [-0.2, -0.15) is 0 Å². The van der Waals surface area contributed by atoms with E-state index < -0.39 is 28.7 Å². The molecule has 0 unspecified atom stereocenters. The predicted molar refractivity (Wildman–Crippen MR) is 131 cm³/mol. The Morgan fingerprint density at radius 2 is 1.73 bits per heavy atom. The molecule has 1 aliphatic heterocycles. The molecular weight excluding hydrogens is 506 g/mol. The maximum absolute atomic E-state index is 13.0. The highest BCUT2D eigenvalue weighted by Crippen LogP contribution is 2.29. The Kier molecular flexibility index (Phi) is 6.98. The molecule has 3 aromatic rings. The van der Waals surface area contributed by atoms with Crippen LogP contribution in [-0.4, -0.2) is 33.8 Å². The molecule has 0 aromatic heterocycles. The summed E-state index contributed by atoms with van der Waals surface area (Å²) in [5.41, 5.74) is 0.723. The third kappa shape index (κ3) is 5.46. The molecule has 1 saturated heterocycles. The van der Waals surface area contributed by atoms with Gasteiger partial charge in [-0.15, -0.1) is 0 Å².